The Morgan fingerprint density at radius 2 is 1.84 bits per heavy atom. The molecule has 0 fully saturated rings. The molecule has 19 heavy (non-hydrogen) atoms. The van der Waals surface area contributed by atoms with Crippen molar-refractivity contribution in [3.8, 4) is 11.6 Å². The number of rotatable bonds is 3. The van der Waals surface area contributed by atoms with Gasteiger partial charge in [-0.05, 0) is 24.6 Å². The number of benzene rings is 1. The van der Waals surface area contributed by atoms with Crippen molar-refractivity contribution in [2.75, 3.05) is 0 Å². The monoisotopic (exact) mass is 296 g/mol. The standard InChI is InChI=1S/C14H14Cl2N2O/c1-8(2)14-17-12(16)7-13(18-14)19-11-6-10(15)5-4-9(11)3/h4-8H,1-3H3. The third-order valence-electron chi connectivity index (χ3n) is 2.57. The summed E-state index contributed by atoms with van der Waals surface area (Å²) in [6.07, 6.45) is 0. The number of hydrogen-bond acceptors (Lipinski definition) is 3. The molecule has 2 aromatic rings. The number of halogens is 2. The molecule has 0 N–H and O–H groups in total. The van der Waals surface area contributed by atoms with Crippen LogP contribution in [0, 0.1) is 6.92 Å². The first-order chi connectivity index (χ1) is 8.95. The highest BCUT2D eigenvalue weighted by Gasteiger charge is 2.10. The summed E-state index contributed by atoms with van der Waals surface area (Å²) in [5.74, 6) is 1.93. The highest BCUT2D eigenvalue weighted by Crippen LogP contribution is 2.28. The summed E-state index contributed by atoms with van der Waals surface area (Å²) < 4.78 is 5.74. The van der Waals surface area contributed by atoms with E-state index in [1.807, 2.05) is 32.9 Å². The van der Waals surface area contributed by atoms with Gasteiger partial charge >= 0.3 is 0 Å². The summed E-state index contributed by atoms with van der Waals surface area (Å²) in [4.78, 5) is 8.50. The fraction of sp³-hybridized carbons (Fsp3) is 0.286. The van der Waals surface area contributed by atoms with Crippen molar-refractivity contribution in [2.45, 2.75) is 26.7 Å². The summed E-state index contributed by atoms with van der Waals surface area (Å²) in [6.45, 7) is 5.94. The van der Waals surface area contributed by atoms with E-state index in [4.69, 9.17) is 27.9 Å². The molecule has 0 saturated heterocycles. The minimum Gasteiger partial charge on any atom is -0.439 e. The normalized spacial score (nSPS) is 10.8. The van der Waals surface area contributed by atoms with E-state index in [1.54, 1.807) is 12.1 Å². The minimum atomic E-state index is 0.182. The van der Waals surface area contributed by atoms with Crippen LogP contribution < -0.4 is 4.74 Å². The fourth-order valence-electron chi connectivity index (χ4n) is 1.52. The molecule has 0 aliphatic carbocycles. The van der Waals surface area contributed by atoms with Crippen molar-refractivity contribution < 1.29 is 4.74 Å². The van der Waals surface area contributed by atoms with E-state index in [0.29, 0.717) is 27.6 Å². The van der Waals surface area contributed by atoms with Crippen LogP contribution >= 0.6 is 23.2 Å². The van der Waals surface area contributed by atoms with Crippen molar-refractivity contribution in [3.05, 3.63) is 45.8 Å². The van der Waals surface area contributed by atoms with E-state index in [9.17, 15) is 0 Å². The molecule has 1 aromatic carbocycles. The van der Waals surface area contributed by atoms with Crippen LogP contribution in [0.4, 0.5) is 0 Å². The molecule has 2 rings (SSSR count). The zero-order valence-corrected chi connectivity index (χ0v) is 12.5. The smallest absolute Gasteiger partial charge is 0.224 e. The molecule has 100 valence electrons. The Morgan fingerprint density at radius 1 is 1.11 bits per heavy atom. The number of nitrogens with zero attached hydrogens (tertiary/aromatic N) is 2. The van der Waals surface area contributed by atoms with Gasteiger partial charge in [-0.2, -0.15) is 4.98 Å². The van der Waals surface area contributed by atoms with Crippen LogP contribution in [-0.4, -0.2) is 9.97 Å². The second kappa shape index (κ2) is 5.76. The molecular weight excluding hydrogens is 283 g/mol. The second-order valence-electron chi connectivity index (χ2n) is 4.55. The maximum atomic E-state index is 5.97. The summed E-state index contributed by atoms with van der Waals surface area (Å²) in [5, 5.41) is 0.984. The molecule has 0 bridgehead atoms. The largest absolute Gasteiger partial charge is 0.439 e. The van der Waals surface area contributed by atoms with Crippen molar-refractivity contribution in [2.24, 2.45) is 0 Å². The van der Waals surface area contributed by atoms with Gasteiger partial charge in [-0.1, -0.05) is 43.1 Å². The Balaban J connectivity index is 2.35. The van der Waals surface area contributed by atoms with Gasteiger partial charge in [0.05, 0.1) is 0 Å². The van der Waals surface area contributed by atoms with Crippen molar-refractivity contribution in [1.29, 1.82) is 0 Å². The lowest BCUT2D eigenvalue weighted by Crippen LogP contribution is -2.00. The maximum Gasteiger partial charge on any atom is 0.224 e. The molecule has 0 aliphatic rings. The van der Waals surface area contributed by atoms with Crippen LogP contribution in [0.3, 0.4) is 0 Å². The van der Waals surface area contributed by atoms with Crippen LogP contribution in [-0.2, 0) is 0 Å². The lowest BCUT2D eigenvalue weighted by Gasteiger charge is -2.10. The van der Waals surface area contributed by atoms with Crippen LogP contribution in [0.25, 0.3) is 0 Å². The fourth-order valence-corrected chi connectivity index (χ4v) is 1.86. The van der Waals surface area contributed by atoms with Gasteiger partial charge in [0.25, 0.3) is 0 Å². The highest BCUT2D eigenvalue weighted by molar-refractivity contribution is 6.30. The van der Waals surface area contributed by atoms with Crippen LogP contribution in [0.1, 0.15) is 31.2 Å². The van der Waals surface area contributed by atoms with Gasteiger partial charge in [0.1, 0.15) is 16.7 Å². The number of ether oxygens (including phenoxy) is 1. The quantitative estimate of drug-likeness (QED) is 0.747. The average molecular weight is 297 g/mol. The van der Waals surface area contributed by atoms with E-state index in [1.165, 1.54) is 0 Å². The lowest BCUT2D eigenvalue weighted by atomic mass is 10.2. The molecule has 0 saturated carbocycles. The zero-order chi connectivity index (χ0) is 14.0. The Kier molecular flexibility index (Phi) is 4.27. The summed E-state index contributed by atoms with van der Waals surface area (Å²) in [6, 6.07) is 7.05. The molecule has 0 unspecified atom stereocenters. The van der Waals surface area contributed by atoms with Gasteiger partial charge in [0, 0.05) is 17.0 Å². The first-order valence-corrected chi connectivity index (χ1v) is 6.70. The van der Waals surface area contributed by atoms with E-state index < -0.39 is 0 Å². The topological polar surface area (TPSA) is 35.0 Å². The van der Waals surface area contributed by atoms with Crippen LogP contribution in [0.15, 0.2) is 24.3 Å². The number of hydrogen-bond donors (Lipinski definition) is 0. The third-order valence-corrected chi connectivity index (χ3v) is 3.00. The maximum absolute atomic E-state index is 5.97. The van der Waals surface area contributed by atoms with Gasteiger partial charge in [-0.25, -0.2) is 4.98 Å². The van der Waals surface area contributed by atoms with Gasteiger partial charge in [0.2, 0.25) is 5.88 Å². The SMILES string of the molecule is Cc1ccc(Cl)cc1Oc1cc(Cl)nc(C(C)C)n1. The molecule has 0 spiro atoms. The van der Waals surface area contributed by atoms with Crippen molar-refractivity contribution in [1.82, 2.24) is 9.97 Å². The molecular formula is C14H14Cl2N2O. The Morgan fingerprint density at radius 3 is 2.53 bits per heavy atom. The number of aryl methyl sites for hydroxylation is 1. The van der Waals surface area contributed by atoms with Crippen LogP contribution in [0.5, 0.6) is 11.6 Å². The first kappa shape index (κ1) is 14.1. The first-order valence-electron chi connectivity index (χ1n) is 5.94. The lowest BCUT2D eigenvalue weighted by molar-refractivity contribution is 0.453. The van der Waals surface area contributed by atoms with E-state index >= 15 is 0 Å². The Hall–Kier alpha value is -1.32. The van der Waals surface area contributed by atoms with Gasteiger partial charge in [0.15, 0.2) is 0 Å². The predicted molar refractivity (Wildman–Crippen MR) is 77.4 cm³/mol. The number of aromatic nitrogens is 2. The zero-order valence-electron chi connectivity index (χ0n) is 10.9. The van der Waals surface area contributed by atoms with Gasteiger partial charge in [-0.3, -0.25) is 0 Å². The van der Waals surface area contributed by atoms with Crippen molar-refractivity contribution in [3.63, 3.8) is 0 Å². The molecule has 1 heterocycles. The third kappa shape index (κ3) is 3.58. The predicted octanol–water partition coefficient (Wildman–Crippen LogP) is 5.01. The molecule has 3 nitrogen and oxygen atoms in total. The second-order valence-corrected chi connectivity index (χ2v) is 5.38. The Bertz CT molecular complexity index is 600. The molecule has 0 atom stereocenters. The molecule has 0 radical (unpaired) electrons. The molecule has 0 amide bonds. The van der Waals surface area contributed by atoms with Crippen molar-refractivity contribution >= 4 is 23.2 Å². The Labute approximate surface area is 122 Å². The molecule has 0 aliphatic heterocycles. The van der Waals surface area contributed by atoms with E-state index in [0.717, 1.165) is 5.56 Å². The molecule has 5 heteroatoms. The van der Waals surface area contributed by atoms with Crippen LogP contribution in [0.2, 0.25) is 10.2 Å². The average Bonchev–Trinajstić information content (AvgIpc) is 2.33. The highest BCUT2D eigenvalue weighted by atomic mass is 35.5. The summed E-state index contributed by atoms with van der Waals surface area (Å²) >= 11 is 11.9. The van der Waals surface area contributed by atoms with E-state index in [-0.39, 0.29) is 5.92 Å². The van der Waals surface area contributed by atoms with Gasteiger partial charge < -0.3 is 4.74 Å². The van der Waals surface area contributed by atoms with Gasteiger partial charge in [-0.15, -0.1) is 0 Å². The summed E-state index contributed by atoms with van der Waals surface area (Å²) in [5.41, 5.74) is 0.977. The summed E-state index contributed by atoms with van der Waals surface area (Å²) in [7, 11) is 0. The van der Waals surface area contributed by atoms with E-state index in [2.05, 4.69) is 9.97 Å². The molecule has 1 aromatic heterocycles. The minimum absolute atomic E-state index is 0.182.